The second-order valence-corrected chi connectivity index (χ2v) is 6.72. The standard InChI is InChI=1S/C20H23ClN2/c1-14(15-5-3-2-4-6-15)11-18-12-16(9-10-23-18)19-13-17(21)7-8-20(19)22/h2-8,12-14,18,23H,9-11,22H2,1H3. The van der Waals surface area contributed by atoms with Gasteiger partial charge in [0, 0.05) is 22.3 Å². The van der Waals surface area contributed by atoms with E-state index in [9.17, 15) is 0 Å². The Morgan fingerprint density at radius 2 is 2.00 bits per heavy atom. The van der Waals surface area contributed by atoms with Gasteiger partial charge in [-0.15, -0.1) is 0 Å². The van der Waals surface area contributed by atoms with E-state index >= 15 is 0 Å². The van der Waals surface area contributed by atoms with Crippen LogP contribution in [0.1, 0.15) is 36.8 Å². The number of hydrogen-bond acceptors (Lipinski definition) is 2. The van der Waals surface area contributed by atoms with Gasteiger partial charge in [0.1, 0.15) is 0 Å². The average Bonchev–Trinajstić information content (AvgIpc) is 2.58. The lowest BCUT2D eigenvalue weighted by molar-refractivity contribution is 0.509. The summed E-state index contributed by atoms with van der Waals surface area (Å²) in [6, 6.07) is 16.8. The molecule has 2 aromatic carbocycles. The molecule has 120 valence electrons. The van der Waals surface area contributed by atoms with Crippen molar-refractivity contribution in [2.45, 2.75) is 31.7 Å². The maximum Gasteiger partial charge on any atom is 0.0413 e. The van der Waals surface area contributed by atoms with Crippen molar-refractivity contribution >= 4 is 22.9 Å². The molecule has 0 radical (unpaired) electrons. The Morgan fingerprint density at radius 3 is 2.78 bits per heavy atom. The second kappa shape index (κ2) is 7.20. The lowest BCUT2D eigenvalue weighted by atomic mass is 9.89. The number of halogens is 1. The number of nitrogens with one attached hydrogen (secondary N) is 1. The summed E-state index contributed by atoms with van der Waals surface area (Å²) < 4.78 is 0. The van der Waals surface area contributed by atoms with E-state index in [0.717, 1.165) is 35.7 Å². The number of nitrogens with two attached hydrogens (primary N) is 1. The van der Waals surface area contributed by atoms with Crippen molar-refractivity contribution in [3.05, 3.63) is 70.8 Å². The van der Waals surface area contributed by atoms with Gasteiger partial charge >= 0.3 is 0 Å². The Labute approximate surface area is 143 Å². The fraction of sp³-hybridized carbons (Fsp3) is 0.300. The molecule has 0 aliphatic carbocycles. The van der Waals surface area contributed by atoms with Gasteiger partial charge in [-0.2, -0.15) is 0 Å². The van der Waals surface area contributed by atoms with E-state index in [0.29, 0.717) is 12.0 Å². The van der Waals surface area contributed by atoms with Crippen LogP contribution in [0.5, 0.6) is 0 Å². The molecular weight excluding hydrogens is 304 g/mol. The zero-order valence-corrected chi connectivity index (χ0v) is 14.2. The highest BCUT2D eigenvalue weighted by Crippen LogP contribution is 2.31. The van der Waals surface area contributed by atoms with Crippen molar-refractivity contribution in [3.63, 3.8) is 0 Å². The third-order valence-electron chi connectivity index (χ3n) is 4.54. The van der Waals surface area contributed by atoms with Crippen LogP contribution in [-0.4, -0.2) is 12.6 Å². The number of anilines is 1. The summed E-state index contributed by atoms with van der Waals surface area (Å²) in [6.07, 6.45) is 4.39. The predicted octanol–water partition coefficient (Wildman–Crippen LogP) is 4.86. The van der Waals surface area contributed by atoms with Crippen LogP contribution in [0, 0.1) is 0 Å². The van der Waals surface area contributed by atoms with Gasteiger partial charge in [0.05, 0.1) is 0 Å². The quantitative estimate of drug-likeness (QED) is 0.787. The molecular formula is C20H23ClN2. The molecule has 2 nitrogen and oxygen atoms in total. The van der Waals surface area contributed by atoms with E-state index in [-0.39, 0.29) is 0 Å². The van der Waals surface area contributed by atoms with Crippen LogP contribution in [0.25, 0.3) is 5.57 Å². The van der Waals surface area contributed by atoms with Gasteiger partial charge in [0.25, 0.3) is 0 Å². The van der Waals surface area contributed by atoms with Crippen molar-refractivity contribution in [2.24, 2.45) is 0 Å². The lowest BCUT2D eigenvalue weighted by Crippen LogP contribution is -2.33. The summed E-state index contributed by atoms with van der Waals surface area (Å²) >= 11 is 6.14. The van der Waals surface area contributed by atoms with E-state index in [1.807, 2.05) is 18.2 Å². The molecule has 0 saturated carbocycles. The predicted molar refractivity (Wildman–Crippen MR) is 99.7 cm³/mol. The van der Waals surface area contributed by atoms with Crippen molar-refractivity contribution < 1.29 is 0 Å². The van der Waals surface area contributed by atoms with E-state index < -0.39 is 0 Å². The molecule has 0 spiro atoms. The fourth-order valence-corrected chi connectivity index (χ4v) is 3.43. The van der Waals surface area contributed by atoms with Gasteiger partial charge in [0.2, 0.25) is 0 Å². The fourth-order valence-electron chi connectivity index (χ4n) is 3.26. The number of hydrogen-bond donors (Lipinski definition) is 2. The molecule has 2 atom stereocenters. The third-order valence-corrected chi connectivity index (χ3v) is 4.78. The van der Waals surface area contributed by atoms with E-state index in [4.69, 9.17) is 17.3 Å². The zero-order chi connectivity index (χ0) is 16.2. The molecule has 23 heavy (non-hydrogen) atoms. The Kier molecular flexibility index (Phi) is 5.04. The molecule has 1 aliphatic rings. The smallest absolute Gasteiger partial charge is 0.0413 e. The van der Waals surface area contributed by atoms with Crippen molar-refractivity contribution in [1.29, 1.82) is 0 Å². The largest absolute Gasteiger partial charge is 0.398 e. The van der Waals surface area contributed by atoms with Crippen LogP contribution in [0.2, 0.25) is 5.02 Å². The normalized spacial score (nSPS) is 19.2. The summed E-state index contributed by atoms with van der Waals surface area (Å²) in [5.74, 6) is 0.515. The molecule has 2 unspecified atom stereocenters. The third kappa shape index (κ3) is 3.95. The first-order valence-corrected chi connectivity index (χ1v) is 8.55. The van der Waals surface area contributed by atoms with E-state index in [1.165, 1.54) is 11.1 Å². The molecule has 3 rings (SSSR count). The minimum Gasteiger partial charge on any atom is -0.398 e. The molecule has 1 aliphatic heterocycles. The molecule has 0 aromatic heterocycles. The van der Waals surface area contributed by atoms with Crippen LogP contribution in [0.15, 0.2) is 54.6 Å². The summed E-state index contributed by atoms with van der Waals surface area (Å²) in [5, 5.41) is 4.34. The molecule has 1 heterocycles. The van der Waals surface area contributed by atoms with Crippen molar-refractivity contribution in [3.8, 4) is 0 Å². The minimum atomic E-state index is 0.368. The molecule has 2 aromatic rings. The number of nitrogen functional groups attached to an aromatic ring is 1. The van der Waals surface area contributed by atoms with Crippen LogP contribution in [0.3, 0.4) is 0 Å². The zero-order valence-electron chi connectivity index (χ0n) is 13.4. The summed E-state index contributed by atoms with van der Waals surface area (Å²) in [7, 11) is 0. The lowest BCUT2D eigenvalue weighted by Gasteiger charge is -2.26. The first-order chi connectivity index (χ1) is 11.1. The van der Waals surface area contributed by atoms with E-state index in [1.54, 1.807) is 0 Å². The molecule has 0 fully saturated rings. The van der Waals surface area contributed by atoms with Gasteiger partial charge < -0.3 is 11.1 Å². The Hall–Kier alpha value is -1.77. The van der Waals surface area contributed by atoms with Gasteiger partial charge in [-0.3, -0.25) is 0 Å². The minimum absolute atomic E-state index is 0.368. The second-order valence-electron chi connectivity index (χ2n) is 6.28. The number of benzene rings is 2. The highest BCUT2D eigenvalue weighted by molar-refractivity contribution is 6.30. The highest BCUT2D eigenvalue weighted by atomic mass is 35.5. The van der Waals surface area contributed by atoms with Crippen molar-refractivity contribution in [1.82, 2.24) is 5.32 Å². The summed E-state index contributed by atoms with van der Waals surface area (Å²) in [4.78, 5) is 0. The van der Waals surface area contributed by atoms with Gasteiger partial charge in [-0.25, -0.2) is 0 Å². The Bertz CT molecular complexity index is 694. The molecule has 3 heteroatoms. The monoisotopic (exact) mass is 326 g/mol. The highest BCUT2D eigenvalue weighted by Gasteiger charge is 2.18. The first-order valence-electron chi connectivity index (χ1n) is 8.18. The van der Waals surface area contributed by atoms with Gasteiger partial charge in [0.15, 0.2) is 0 Å². The summed E-state index contributed by atoms with van der Waals surface area (Å²) in [5.41, 5.74) is 10.7. The summed E-state index contributed by atoms with van der Waals surface area (Å²) in [6.45, 7) is 3.26. The Morgan fingerprint density at radius 1 is 1.22 bits per heavy atom. The molecule has 0 saturated heterocycles. The van der Waals surface area contributed by atoms with Crippen LogP contribution in [0.4, 0.5) is 5.69 Å². The van der Waals surface area contributed by atoms with Crippen LogP contribution < -0.4 is 11.1 Å². The van der Waals surface area contributed by atoms with Crippen LogP contribution in [-0.2, 0) is 0 Å². The molecule has 3 N–H and O–H groups in total. The van der Waals surface area contributed by atoms with Crippen LogP contribution >= 0.6 is 11.6 Å². The number of rotatable bonds is 4. The van der Waals surface area contributed by atoms with E-state index in [2.05, 4.69) is 48.6 Å². The topological polar surface area (TPSA) is 38.0 Å². The molecule has 0 amide bonds. The van der Waals surface area contributed by atoms with Crippen molar-refractivity contribution in [2.75, 3.05) is 12.3 Å². The SMILES string of the molecule is CC(CC1C=C(c2cc(Cl)ccc2N)CCN1)c1ccccc1. The Balaban J connectivity index is 1.78. The maximum absolute atomic E-state index is 6.14. The van der Waals surface area contributed by atoms with Gasteiger partial charge in [-0.1, -0.05) is 54.9 Å². The van der Waals surface area contributed by atoms with Gasteiger partial charge in [-0.05, 0) is 54.6 Å². The molecule has 0 bridgehead atoms. The average molecular weight is 327 g/mol. The maximum atomic E-state index is 6.14. The first kappa shape index (κ1) is 16.1.